The number of carboxylic acid groups (broad SMARTS) is 1. The van der Waals surface area contributed by atoms with Crippen molar-refractivity contribution < 1.29 is 24.2 Å². The average molecular weight is 1090 g/mol. The Bertz CT molecular complexity index is 3060. The van der Waals surface area contributed by atoms with Crippen LogP contribution < -0.4 is 11.5 Å². The molecule has 0 unspecified atom stereocenters. The Labute approximate surface area is 450 Å². The molecule has 17 nitrogen and oxygen atoms in total. The molecule has 4 aliphatic rings. The number of ether oxygens (including phenoxy) is 1. The summed E-state index contributed by atoms with van der Waals surface area (Å²) in [6, 6.07) is 16.2. The molecule has 0 radical (unpaired) electrons. The first-order chi connectivity index (χ1) is 35.3. The minimum atomic E-state index is -0.866. The fourth-order valence-corrected chi connectivity index (χ4v) is 10.5. The van der Waals surface area contributed by atoms with Gasteiger partial charge in [-0.05, 0) is 109 Å². The second-order valence-electron chi connectivity index (χ2n) is 20.1. The van der Waals surface area contributed by atoms with Gasteiger partial charge in [-0.2, -0.15) is 0 Å². The Morgan fingerprint density at radius 2 is 1.08 bits per heavy atom. The van der Waals surface area contributed by atoms with Crippen molar-refractivity contribution in [2.75, 3.05) is 64.8 Å². The number of hydrogen-bond donors (Lipinski definition) is 3. The van der Waals surface area contributed by atoms with Crippen molar-refractivity contribution >= 4 is 98.1 Å². The van der Waals surface area contributed by atoms with Gasteiger partial charge in [0.25, 0.3) is 0 Å². The lowest BCUT2D eigenvalue weighted by atomic mass is 10.1. The van der Waals surface area contributed by atoms with Crippen LogP contribution in [0.4, 0.5) is 16.4 Å². The highest BCUT2D eigenvalue weighted by atomic mass is 35.5. The van der Waals surface area contributed by atoms with Gasteiger partial charge >= 0.3 is 12.1 Å². The molecule has 0 spiro atoms. The highest BCUT2D eigenvalue weighted by Gasteiger charge is 2.35. The minimum Gasteiger partial charge on any atom is -0.478 e. The number of nitrogens with zero attached hydrogens (tertiary/aromatic N) is 10. The number of hydrogen-bond acceptors (Lipinski definition) is 12. The number of fused-ring (bicyclic) bond motifs is 2. The second-order valence-corrected chi connectivity index (χ2v) is 21.7. The van der Waals surface area contributed by atoms with Crippen LogP contribution in [0.25, 0.3) is 44.3 Å². The van der Waals surface area contributed by atoms with Gasteiger partial charge in [-0.3, -0.25) is 14.6 Å². The molecule has 2 aromatic carbocycles. The van der Waals surface area contributed by atoms with E-state index in [0.29, 0.717) is 86.9 Å². The summed E-state index contributed by atoms with van der Waals surface area (Å²) in [7, 11) is 4.12. The van der Waals surface area contributed by atoms with Gasteiger partial charge in [-0.25, -0.2) is 29.5 Å². The number of likely N-dealkylation sites (tertiary alicyclic amines) is 2. The summed E-state index contributed by atoms with van der Waals surface area (Å²) >= 11 is 26.0. The number of nitrogens with two attached hydrogens (primary N) is 2. The van der Waals surface area contributed by atoms with Crippen molar-refractivity contribution in [1.29, 1.82) is 0 Å². The maximum Gasteiger partial charge on any atom is 0.410 e. The maximum absolute atomic E-state index is 12.8. The molecule has 74 heavy (non-hydrogen) atoms. The molecule has 2 aliphatic carbocycles. The number of anilines is 2. The Morgan fingerprint density at radius 1 is 0.662 bits per heavy atom. The van der Waals surface area contributed by atoms with Crippen LogP contribution in [0.2, 0.25) is 20.4 Å². The number of aliphatic carboxylic acids is 1. The molecule has 4 fully saturated rings. The lowest BCUT2D eigenvalue weighted by Crippen LogP contribution is -2.35. The molecule has 392 valence electrons. The summed E-state index contributed by atoms with van der Waals surface area (Å²) in [5.41, 5.74) is 16.6. The predicted molar refractivity (Wildman–Crippen MR) is 294 cm³/mol. The summed E-state index contributed by atoms with van der Waals surface area (Å²) in [6.45, 7) is 9.38. The molecule has 2 saturated heterocycles. The molecule has 2 saturated carbocycles. The van der Waals surface area contributed by atoms with Crippen LogP contribution in [0, 0.1) is 0 Å². The van der Waals surface area contributed by atoms with E-state index in [2.05, 4.69) is 36.8 Å². The molecule has 6 heterocycles. The first-order valence-electron chi connectivity index (χ1n) is 24.6. The monoisotopic (exact) mass is 1090 g/mol. The number of rotatable bonds is 12. The Balaban J connectivity index is 0.000000164. The highest BCUT2D eigenvalue weighted by Crippen LogP contribution is 2.45. The van der Waals surface area contributed by atoms with Crippen LogP contribution >= 0.6 is 46.4 Å². The molecule has 2 aliphatic heterocycles. The normalized spacial score (nSPS) is 17.9. The van der Waals surface area contributed by atoms with Crippen LogP contribution in [-0.4, -0.2) is 143 Å². The van der Waals surface area contributed by atoms with E-state index in [9.17, 15) is 14.4 Å². The molecular formula is C53H62Cl4N12O5. The molecule has 6 aromatic rings. The number of carbonyl (C=O) groups is 3. The third-order valence-electron chi connectivity index (χ3n) is 13.4. The molecule has 0 bridgehead atoms. The number of halogens is 4. The van der Waals surface area contributed by atoms with Crippen LogP contribution in [0.5, 0.6) is 0 Å². The zero-order valence-corrected chi connectivity index (χ0v) is 45.1. The second kappa shape index (κ2) is 23.3. The molecular weight excluding hydrogens is 1030 g/mol. The van der Waals surface area contributed by atoms with Crippen LogP contribution in [0.1, 0.15) is 71.4 Å². The molecule has 10 rings (SSSR count). The molecule has 4 aromatic heterocycles. The number of likely N-dealkylation sites (N-methyl/N-ethyl adjacent to an activating group) is 2. The van der Waals surface area contributed by atoms with E-state index in [1.165, 1.54) is 44.4 Å². The van der Waals surface area contributed by atoms with Crippen molar-refractivity contribution in [2.24, 2.45) is 0 Å². The van der Waals surface area contributed by atoms with E-state index in [1.54, 1.807) is 29.2 Å². The van der Waals surface area contributed by atoms with Gasteiger partial charge < -0.3 is 40.2 Å². The van der Waals surface area contributed by atoms with Gasteiger partial charge in [-0.15, -0.1) is 0 Å². The summed E-state index contributed by atoms with van der Waals surface area (Å²) in [5.74, 6) is -0.109. The third-order valence-corrected chi connectivity index (χ3v) is 14.7. The Kier molecular flexibility index (Phi) is 17.1. The standard InChI is InChI=1S/C24H26Cl2N6O.C21H23Cl2N5O2.C8H13NO2/c1-30(17-8-9-17)11-2-3-19(33)31-12-10-18(13-31)32-22(26)20(15-4-6-16(25)7-5-15)21-23(27)28-14-29-24(21)32;1-21(2,3)30-20(29)27-9-8-14(10-27)28-17(23)15(12-4-6-13(22)7-5-12)16-18(24)25-11-26-19(16)28;1-9(7-4-5-7)6-2-3-8(10)11/h2-7,14,17-18H,8-13H2,1H3,(H2,27,28,29);4-7,11,14H,8-10H2,1-3H3,(H2,24,25,26);2-3,7H,4-6H2,1H3,(H,10,11)/b3-2+;;3-2+/t18-;14-;/m11./s1. The zero-order valence-electron chi connectivity index (χ0n) is 42.1. The van der Waals surface area contributed by atoms with Crippen molar-refractivity contribution in [3.05, 3.63) is 106 Å². The predicted octanol–water partition coefficient (Wildman–Crippen LogP) is 10.3. The van der Waals surface area contributed by atoms with E-state index < -0.39 is 11.6 Å². The SMILES string of the molecule is CC(C)(C)OC(=O)N1CC[C@@H](n2c(Cl)c(-c3ccc(Cl)cc3)c3c(N)ncnc32)C1.CN(C/C=C/C(=O)N1CC[C@@H](n2c(Cl)c(-c3ccc(Cl)cc3)c3c(N)ncnc32)C1)C1CC1.CN(C/C=C/C(=O)O)C1CC1. The van der Waals surface area contributed by atoms with Crippen LogP contribution in [0.15, 0.2) is 85.5 Å². The smallest absolute Gasteiger partial charge is 0.410 e. The van der Waals surface area contributed by atoms with Gasteiger partial charge in [0.05, 0.1) is 22.9 Å². The van der Waals surface area contributed by atoms with Gasteiger partial charge in [-0.1, -0.05) is 82.8 Å². The Hall–Kier alpha value is -5.95. The first-order valence-corrected chi connectivity index (χ1v) is 26.2. The Morgan fingerprint density at radius 3 is 1.50 bits per heavy atom. The van der Waals surface area contributed by atoms with Gasteiger partial charge in [0.1, 0.15) is 51.5 Å². The third kappa shape index (κ3) is 12.9. The van der Waals surface area contributed by atoms with Gasteiger partial charge in [0.2, 0.25) is 5.91 Å². The number of benzene rings is 2. The zero-order chi connectivity index (χ0) is 53.0. The number of carbonyl (C=O) groups excluding carboxylic acids is 2. The highest BCUT2D eigenvalue weighted by molar-refractivity contribution is 6.36. The lowest BCUT2D eigenvalue weighted by Gasteiger charge is -2.24. The molecule has 5 N–H and O–H groups in total. The van der Waals surface area contributed by atoms with Crippen LogP contribution in [0.3, 0.4) is 0 Å². The number of carboxylic acids is 1. The fourth-order valence-electron chi connectivity index (χ4n) is 9.35. The lowest BCUT2D eigenvalue weighted by molar-refractivity contribution is -0.131. The van der Waals surface area contributed by atoms with Crippen LogP contribution in [-0.2, 0) is 14.3 Å². The molecule has 21 heteroatoms. The first kappa shape index (κ1) is 54.3. The minimum absolute atomic E-state index is 0.00170. The number of amides is 2. The summed E-state index contributed by atoms with van der Waals surface area (Å²) in [5, 5.41) is 12.0. The van der Waals surface area contributed by atoms with Crippen molar-refractivity contribution in [3.63, 3.8) is 0 Å². The van der Waals surface area contributed by atoms with Gasteiger partial charge in [0, 0.05) is 84.7 Å². The molecule has 2 amide bonds. The topological polar surface area (TPSA) is 207 Å². The van der Waals surface area contributed by atoms with Crippen molar-refractivity contribution in [2.45, 2.75) is 89.1 Å². The summed E-state index contributed by atoms with van der Waals surface area (Å²) < 4.78 is 9.46. The number of nitrogen functional groups attached to an aromatic ring is 2. The van der Waals surface area contributed by atoms with Gasteiger partial charge in [0.15, 0.2) is 0 Å². The van der Waals surface area contributed by atoms with E-state index >= 15 is 0 Å². The van der Waals surface area contributed by atoms with E-state index in [-0.39, 0.29) is 24.1 Å². The summed E-state index contributed by atoms with van der Waals surface area (Å²) in [4.78, 5) is 60.7. The van der Waals surface area contributed by atoms with E-state index in [1.807, 2.05) is 84.3 Å². The largest absolute Gasteiger partial charge is 0.478 e. The summed E-state index contributed by atoms with van der Waals surface area (Å²) in [6.07, 6.45) is 15.6. The quantitative estimate of drug-likeness (QED) is 0.0977. The van der Waals surface area contributed by atoms with Crippen molar-refractivity contribution in [1.82, 2.24) is 48.7 Å². The van der Waals surface area contributed by atoms with Crippen molar-refractivity contribution in [3.8, 4) is 22.3 Å². The number of aromatic nitrogens is 6. The molecule has 2 atom stereocenters. The fraction of sp³-hybridized carbons (Fsp3) is 0.415. The van der Waals surface area contributed by atoms with E-state index in [0.717, 1.165) is 53.6 Å². The average Bonchev–Trinajstić information content (AvgIpc) is 4.23. The van der Waals surface area contributed by atoms with E-state index in [4.69, 9.17) is 67.7 Å². The maximum atomic E-state index is 12.8.